The van der Waals surface area contributed by atoms with Crippen LogP contribution in [0.1, 0.15) is 34.8 Å². The van der Waals surface area contributed by atoms with Crippen LogP contribution in [0.5, 0.6) is 0 Å². The highest BCUT2D eigenvalue weighted by Gasteiger charge is 2.28. The number of rotatable bonds is 3. The first-order valence-electron chi connectivity index (χ1n) is 8.99. The number of fused-ring (bicyclic) bond motifs is 2. The molecule has 5 heteroatoms. The van der Waals surface area contributed by atoms with E-state index < -0.39 is 0 Å². The zero-order valence-electron chi connectivity index (χ0n) is 14.5. The SMILES string of the molecule is Nc1ccc(NN2C=Cc3cnn([C@@H]4CCc5ccccc54)c3C2)cc1. The molecule has 2 aromatic carbocycles. The molecule has 0 radical (unpaired) electrons. The van der Waals surface area contributed by atoms with Crippen molar-refractivity contribution >= 4 is 17.5 Å². The van der Waals surface area contributed by atoms with Gasteiger partial charge in [-0.25, -0.2) is 0 Å². The Bertz CT molecular complexity index is 970. The monoisotopic (exact) mass is 343 g/mol. The highest BCUT2D eigenvalue weighted by atomic mass is 15.5. The fourth-order valence-corrected chi connectivity index (χ4v) is 3.95. The van der Waals surface area contributed by atoms with Crippen molar-refractivity contribution in [3.05, 3.63) is 83.3 Å². The van der Waals surface area contributed by atoms with Crippen LogP contribution in [0.2, 0.25) is 0 Å². The maximum atomic E-state index is 5.77. The predicted octanol–water partition coefficient (Wildman–Crippen LogP) is 3.81. The molecule has 0 unspecified atom stereocenters. The Labute approximate surface area is 152 Å². The van der Waals surface area contributed by atoms with Crippen molar-refractivity contribution in [1.29, 1.82) is 0 Å². The number of hydrogen-bond acceptors (Lipinski definition) is 4. The van der Waals surface area contributed by atoms with E-state index in [1.807, 2.05) is 30.5 Å². The van der Waals surface area contributed by atoms with E-state index in [4.69, 9.17) is 10.8 Å². The van der Waals surface area contributed by atoms with Crippen LogP contribution in [0.15, 0.2) is 60.9 Å². The first-order chi connectivity index (χ1) is 12.8. The van der Waals surface area contributed by atoms with Crippen molar-refractivity contribution in [2.75, 3.05) is 11.2 Å². The minimum absolute atomic E-state index is 0.333. The third kappa shape index (κ3) is 2.52. The molecule has 0 saturated carbocycles. The molecule has 3 N–H and O–H groups in total. The summed E-state index contributed by atoms with van der Waals surface area (Å²) in [6.07, 6.45) is 8.40. The standard InChI is InChI=1S/C21H21N5/c22-17-6-8-18(9-7-17)24-25-12-11-16-13-23-26(21(16)14-25)20-10-5-15-3-1-2-4-19(15)20/h1-4,6-9,11-13,20,24H,5,10,14,22H2/t20-/m1/s1. The molecule has 0 bridgehead atoms. The Morgan fingerprint density at radius 1 is 1.08 bits per heavy atom. The summed E-state index contributed by atoms with van der Waals surface area (Å²) in [5.41, 5.74) is 16.3. The molecular formula is C21H21N5. The third-order valence-electron chi connectivity index (χ3n) is 5.26. The lowest BCUT2D eigenvalue weighted by molar-refractivity contribution is 0.399. The molecule has 5 nitrogen and oxygen atoms in total. The maximum absolute atomic E-state index is 5.77. The Hall–Kier alpha value is -3.21. The largest absolute Gasteiger partial charge is 0.399 e. The number of nitrogens with two attached hydrogens (primary N) is 1. The fourth-order valence-electron chi connectivity index (χ4n) is 3.95. The fraction of sp³-hybridized carbons (Fsp3) is 0.190. The van der Waals surface area contributed by atoms with E-state index in [1.54, 1.807) is 0 Å². The number of hydrazine groups is 1. The van der Waals surface area contributed by atoms with Crippen molar-refractivity contribution in [3.8, 4) is 0 Å². The van der Waals surface area contributed by atoms with Gasteiger partial charge < -0.3 is 5.73 Å². The van der Waals surface area contributed by atoms with Crippen molar-refractivity contribution in [2.45, 2.75) is 25.4 Å². The van der Waals surface area contributed by atoms with Gasteiger partial charge in [-0.15, -0.1) is 0 Å². The second-order valence-electron chi connectivity index (χ2n) is 6.92. The molecule has 2 heterocycles. The van der Waals surface area contributed by atoms with Crippen LogP contribution < -0.4 is 11.2 Å². The Morgan fingerprint density at radius 2 is 1.92 bits per heavy atom. The zero-order chi connectivity index (χ0) is 17.5. The van der Waals surface area contributed by atoms with Gasteiger partial charge in [0.2, 0.25) is 0 Å². The number of nitrogens with one attached hydrogen (secondary N) is 1. The van der Waals surface area contributed by atoms with Gasteiger partial charge in [0.05, 0.1) is 30.2 Å². The number of nitrogen functional groups attached to an aromatic ring is 1. The van der Waals surface area contributed by atoms with Crippen LogP contribution in [0.3, 0.4) is 0 Å². The molecule has 2 aliphatic rings. The smallest absolute Gasteiger partial charge is 0.0812 e. The van der Waals surface area contributed by atoms with Gasteiger partial charge in [0.1, 0.15) is 0 Å². The van der Waals surface area contributed by atoms with Crippen LogP contribution in [0, 0.1) is 0 Å². The second kappa shape index (κ2) is 5.95. The number of aromatic nitrogens is 2. The average Bonchev–Trinajstić information content (AvgIpc) is 3.27. The first kappa shape index (κ1) is 15.1. The van der Waals surface area contributed by atoms with Gasteiger partial charge in [-0.1, -0.05) is 24.3 Å². The van der Waals surface area contributed by atoms with E-state index >= 15 is 0 Å². The van der Waals surface area contributed by atoms with E-state index in [9.17, 15) is 0 Å². The van der Waals surface area contributed by atoms with Crippen LogP contribution in [-0.4, -0.2) is 14.8 Å². The molecule has 26 heavy (non-hydrogen) atoms. The van der Waals surface area contributed by atoms with Gasteiger partial charge in [0.15, 0.2) is 0 Å². The molecule has 0 amide bonds. The van der Waals surface area contributed by atoms with E-state index in [0.29, 0.717) is 6.04 Å². The number of aryl methyl sites for hydroxylation is 1. The van der Waals surface area contributed by atoms with E-state index in [1.165, 1.54) is 22.4 Å². The Morgan fingerprint density at radius 3 is 2.81 bits per heavy atom. The van der Waals surface area contributed by atoms with Crippen molar-refractivity contribution in [2.24, 2.45) is 0 Å². The molecule has 0 saturated heterocycles. The lowest BCUT2D eigenvalue weighted by atomic mass is 10.1. The van der Waals surface area contributed by atoms with Crippen molar-refractivity contribution < 1.29 is 0 Å². The van der Waals surface area contributed by atoms with E-state index in [2.05, 4.69) is 51.7 Å². The molecule has 5 rings (SSSR count). The summed E-state index contributed by atoms with van der Waals surface area (Å²) >= 11 is 0. The number of benzene rings is 2. The number of anilines is 2. The van der Waals surface area contributed by atoms with Gasteiger partial charge in [-0.2, -0.15) is 5.10 Å². The molecule has 1 aromatic heterocycles. The number of nitrogens with zero attached hydrogens (tertiary/aromatic N) is 3. The van der Waals surface area contributed by atoms with Gasteiger partial charge in [0, 0.05) is 17.5 Å². The molecule has 1 atom stereocenters. The zero-order valence-corrected chi connectivity index (χ0v) is 14.5. The van der Waals surface area contributed by atoms with Gasteiger partial charge in [0.25, 0.3) is 0 Å². The molecule has 0 fully saturated rings. The summed E-state index contributed by atoms with van der Waals surface area (Å²) in [5.74, 6) is 0. The Kier molecular flexibility index (Phi) is 3.45. The third-order valence-corrected chi connectivity index (χ3v) is 5.26. The Balaban J connectivity index is 1.41. The summed E-state index contributed by atoms with van der Waals surface area (Å²) in [6, 6.07) is 16.8. The summed E-state index contributed by atoms with van der Waals surface area (Å²) in [4.78, 5) is 0. The molecule has 3 aromatic rings. The molecule has 1 aliphatic carbocycles. The van der Waals surface area contributed by atoms with Crippen molar-refractivity contribution in [3.63, 3.8) is 0 Å². The van der Waals surface area contributed by atoms with Gasteiger partial charge >= 0.3 is 0 Å². The number of hydrogen-bond donors (Lipinski definition) is 2. The topological polar surface area (TPSA) is 59.1 Å². The van der Waals surface area contributed by atoms with Gasteiger partial charge in [-0.05, 0) is 54.3 Å². The quantitative estimate of drug-likeness (QED) is 0.710. The first-order valence-corrected chi connectivity index (χ1v) is 8.99. The lowest BCUT2D eigenvalue weighted by Crippen LogP contribution is -2.28. The van der Waals surface area contributed by atoms with Crippen LogP contribution in [0.25, 0.3) is 6.08 Å². The second-order valence-corrected chi connectivity index (χ2v) is 6.92. The minimum Gasteiger partial charge on any atom is -0.399 e. The predicted molar refractivity (Wildman–Crippen MR) is 104 cm³/mol. The summed E-state index contributed by atoms with van der Waals surface area (Å²) < 4.78 is 2.21. The van der Waals surface area contributed by atoms with Gasteiger partial charge in [-0.3, -0.25) is 15.1 Å². The minimum atomic E-state index is 0.333. The lowest BCUT2D eigenvalue weighted by Gasteiger charge is -2.27. The highest BCUT2D eigenvalue weighted by molar-refractivity contribution is 5.56. The van der Waals surface area contributed by atoms with Crippen LogP contribution >= 0.6 is 0 Å². The van der Waals surface area contributed by atoms with Crippen molar-refractivity contribution in [1.82, 2.24) is 14.8 Å². The molecule has 130 valence electrons. The molecule has 1 aliphatic heterocycles. The summed E-state index contributed by atoms with van der Waals surface area (Å²) in [5, 5.41) is 6.82. The molecule has 0 spiro atoms. The normalized spacial score (nSPS) is 17.8. The maximum Gasteiger partial charge on any atom is 0.0812 e. The average molecular weight is 343 g/mol. The summed E-state index contributed by atoms with van der Waals surface area (Å²) in [6.45, 7) is 0.773. The van der Waals surface area contributed by atoms with E-state index in [-0.39, 0.29) is 0 Å². The van der Waals surface area contributed by atoms with Crippen LogP contribution in [0.4, 0.5) is 11.4 Å². The highest BCUT2D eigenvalue weighted by Crippen LogP contribution is 2.36. The van der Waals surface area contributed by atoms with Crippen LogP contribution in [-0.2, 0) is 13.0 Å². The van der Waals surface area contributed by atoms with E-state index in [0.717, 1.165) is 30.8 Å². The molecular weight excluding hydrogens is 322 g/mol. The summed E-state index contributed by atoms with van der Waals surface area (Å²) in [7, 11) is 0.